The Labute approximate surface area is 154 Å². The van der Waals surface area contributed by atoms with E-state index >= 15 is 0 Å². The summed E-state index contributed by atoms with van der Waals surface area (Å²) in [7, 11) is 2.20. The van der Waals surface area contributed by atoms with Crippen LogP contribution in [0.1, 0.15) is 16.1 Å². The molecule has 0 fully saturated rings. The van der Waals surface area contributed by atoms with Crippen LogP contribution < -0.4 is 5.48 Å². The number of rotatable bonds is 3. The third kappa shape index (κ3) is 3.57. The van der Waals surface area contributed by atoms with E-state index in [9.17, 15) is 22.4 Å². The van der Waals surface area contributed by atoms with E-state index in [1.807, 2.05) is 5.48 Å². The van der Waals surface area contributed by atoms with Gasteiger partial charge in [-0.1, -0.05) is 34.8 Å². The highest BCUT2D eigenvalue weighted by Crippen LogP contribution is 2.46. The van der Waals surface area contributed by atoms with Gasteiger partial charge in [-0.2, -0.15) is 13.2 Å². The Balaban J connectivity index is 2.76. The summed E-state index contributed by atoms with van der Waals surface area (Å²) >= 11 is 17.5. The Morgan fingerprint density at radius 2 is 1.84 bits per heavy atom. The van der Waals surface area contributed by atoms with Crippen molar-refractivity contribution >= 4 is 40.7 Å². The molecule has 2 aromatic rings. The Morgan fingerprint density at radius 3 is 2.32 bits per heavy atom. The van der Waals surface area contributed by atoms with Crippen molar-refractivity contribution in [3.63, 3.8) is 0 Å². The van der Waals surface area contributed by atoms with Crippen molar-refractivity contribution in [3.05, 3.63) is 44.4 Å². The zero-order valence-corrected chi connectivity index (χ0v) is 14.8. The van der Waals surface area contributed by atoms with E-state index < -0.39 is 44.9 Å². The maximum Gasteiger partial charge on any atom is 0.432 e. The van der Waals surface area contributed by atoms with Gasteiger partial charge >= 0.3 is 6.18 Å². The molecule has 0 aliphatic heterocycles. The second kappa shape index (κ2) is 7.03. The van der Waals surface area contributed by atoms with Gasteiger partial charge in [-0.3, -0.25) is 9.63 Å². The first-order chi connectivity index (χ1) is 11.5. The maximum absolute atomic E-state index is 14.3. The average Bonchev–Trinajstić information content (AvgIpc) is 2.70. The van der Waals surface area contributed by atoms with Crippen LogP contribution in [0.2, 0.25) is 15.2 Å². The summed E-state index contributed by atoms with van der Waals surface area (Å²) < 4.78 is 54.3. The molecular formula is C14H9Cl3F4N2O2. The number of carbonyl (C=O) groups excluding carboxylic acids is 1. The Hall–Kier alpha value is -1.48. The molecule has 1 heterocycles. The zero-order chi connectivity index (χ0) is 19.1. The number of hydrogen-bond acceptors (Lipinski definition) is 2. The number of benzene rings is 1. The van der Waals surface area contributed by atoms with Crippen LogP contribution >= 0.6 is 34.8 Å². The van der Waals surface area contributed by atoms with E-state index in [0.717, 1.165) is 26.3 Å². The fourth-order valence-corrected chi connectivity index (χ4v) is 3.22. The second-order valence-electron chi connectivity index (χ2n) is 4.83. The number of alkyl halides is 3. The molecule has 2 rings (SSSR count). The van der Waals surface area contributed by atoms with Crippen molar-refractivity contribution in [2.45, 2.75) is 6.18 Å². The molecule has 0 aliphatic carbocycles. The quantitative estimate of drug-likeness (QED) is 0.555. The smallest absolute Gasteiger partial charge is 0.329 e. The zero-order valence-electron chi connectivity index (χ0n) is 12.6. The Kier molecular flexibility index (Phi) is 5.58. The summed E-state index contributed by atoms with van der Waals surface area (Å²) in [5, 5.41) is -1.51. The lowest BCUT2D eigenvalue weighted by Crippen LogP contribution is -2.22. The number of hydrogen-bond donors (Lipinski definition) is 1. The van der Waals surface area contributed by atoms with Gasteiger partial charge in [0.05, 0.1) is 22.7 Å². The highest BCUT2D eigenvalue weighted by atomic mass is 35.5. The van der Waals surface area contributed by atoms with Gasteiger partial charge < -0.3 is 4.57 Å². The summed E-state index contributed by atoms with van der Waals surface area (Å²) in [4.78, 5) is 16.3. The fraction of sp³-hybridized carbons (Fsp3) is 0.214. The highest BCUT2D eigenvalue weighted by Gasteiger charge is 2.40. The van der Waals surface area contributed by atoms with Crippen molar-refractivity contribution in [2.75, 3.05) is 7.11 Å². The van der Waals surface area contributed by atoms with Gasteiger partial charge in [0.2, 0.25) is 0 Å². The fourth-order valence-electron chi connectivity index (χ4n) is 2.23. The monoisotopic (exact) mass is 418 g/mol. The van der Waals surface area contributed by atoms with E-state index in [0.29, 0.717) is 4.57 Å². The van der Waals surface area contributed by atoms with Crippen LogP contribution in [0.3, 0.4) is 0 Å². The molecule has 0 spiro atoms. The third-order valence-electron chi connectivity index (χ3n) is 3.30. The summed E-state index contributed by atoms with van der Waals surface area (Å²) in [6, 6.07) is 1.72. The van der Waals surface area contributed by atoms with Crippen LogP contribution in [-0.4, -0.2) is 17.6 Å². The summed E-state index contributed by atoms with van der Waals surface area (Å²) in [5.74, 6) is -1.82. The van der Waals surface area contributed by atoms with Crippen molar-refractivity contribution in [3.8, 4) is 11.1 Å². The SMILES string of the molecule is CONC(=O)c1cc(-c2c(Cl)c(C(F)(F)F)n(C)c2Cl)c(F)cc1Cl. The minimum Gasteiger partial charge on any atom is -0.329 e. The van der Waals surface area contributed by atoms with Crippen molar-refractivity contribution in [1.29, 1.82) is 0 Å². The van der Waals surface area contributed by atoms with Gasteiger partial charge in [0.25, 0.3) is 5.91 Å². The topological polar surface area (TPSA) is 43.3 Å². The summed E-state index contributed by atoms with van der Waals surface area (Å²) in [6.07, 6.45) is -4.81. The minimum absolute atomic E-state index is 0.232. The van der Waals surface area contributed by atoms with Gasteiger partial charge in [0.1, 0.15) is 16.7 Å². The molecule has 136 valence electrons. The molecule has 4 nitrogen and oxygen atoms in total. The normalized spacial score (nSPS) is 11.7. The minimum atomic E-state index is -4.81. The molecular weight excluding hydrogens is 411 g/mol. The van der Waals surface area contributed by atoms with Crippen LogP contribution in [0.25, 0.3) is 11.1 Å². The predicted octanol–water partition coefficient (Wildman–Crippen LogP) is 5.10. The second-order valence-corrected chi connectivity index (χ2v) is 5.98. The van der Waals surface area contributed by atoms with Crippen molar-refractivity contribution in [1.82, 2.24) is 10.0 Å². The van der Waals surface area contributed by atoms with Gasteiger partial charge in [-0.05, 0) is 12.1 Å². The van der Waals surface area contributed by atoms with Crippen molar-refractivity contribution in [2.24, 2.45) is 7.05 Å². The van der Waals surface area contributed by atoms with Crippen LogP contribution in [-0.2, 0) is 18.1 Å². The van der Waals surface area contributed by atoms with Gasteiger partial charge in [-0.15, -0.1) is 0 Å². The van der Waals surface area contributed by atoms with Gasteiger partial charge in [-0.25, -0.2) is 9.87 Å². The van der Waals surface area contributed by atoms with Crippen LogP contribution in [0.15, 0.2) is 12.1 Å². The van der Waals surface area contributed by atoms with Crippen LogP contribution in [0.5, 0.6) is 0 Å². The van der Waals surface area contributed by atoms with Crippen LogP contribution in [0, 0.1) is 5.82 Å². The molecule has 0 saturated heterocycles. The Bertz CT molecular complexity index is 850. The molecule has 11 heteroatoms. The lowest BCUT2D eigenvalue weighted by molar-refractivity contribution is -0.142. The molecule has 0 radical (unpaired) electrons. The molecule has 0 saturated carbocycles. The van der Waals surface area contributed by atoms with Gasteiger partial charge in [0.15, 0.2) is 0 Å². The third-order valence-corrected chi connectivity index (χ3v) is 4.42. The molecule has 0 unspecified atom stereocenters. The lowest BCUT2D eigenvalue weighted by atomic mass is 10.0. The molecule has 0 bridgehead atoms. The predicted molar refractivity (Wildman–Crippen MR) is 85.3 cm³/mol. The summed E-state index contributed by atoms with van der Waals surface area (Å²) in [6.45, 7) is 0. The average molecular weight is 420 g/mol. The molecule has 1 aromatic heterocycles. The molecule has 1 N–H and O–H groups in total. The first kappa shape index (κ1) is 19.8. The molecule has 1 amide bonds. The molecule has 25 heavy (non-hydrogen) atoms. The van der Waals surface area contributed by atoms with Gasteiger partial charge in [0, 0.05) is 18.2 Å². The lowest BCUT2D eigenvalue weighted by Gasteiger charge is -2.09. The highest BCUT2D eigenvalue weighted by molar-refractivity contribution is 6.40. The van der Waals surface area contributed by atoms with E-state index in [1.165, 1.54) is 0 Å². The van der Waals surface area contributed by atoms with E-state index in [-0.39, 0.29) is 10.6 Å². The van der Waals surface area contributed by atoms with E-state index in [4.69, 9.17) is 34.8 Å². The van der Waals surface area contributed by atoms with E-state index in [2.05, 4.69) is 4.84 Å². The number of nitrogens with one attached hydrogen (secondary N) is 1. The number of amides is 1. The Morgan fingerprint density at radius 1 is 1.24 bits per heavy atom. The number of halogens is 7. The maximum atomic E-state index is 14.3. The van der Waals surface area contributed by atoms with E-state index in [1.54, 1.807) is 0 Å². The van der Waals surface area contributed by atoms with Crippen LogP contribution in [0.4, 0.5) is 17.6 Å². The standard InChI is InChI=1S/C14H9Cl3F4N2O2/c1-23-11(14(19,20)21)10(16)9(12(23)17)6-3-5(13(24)22-25-2)7(15)4-8(6)18/h3-4H,1-2H3,(H,22,24). The van der Waals surface area contributed by atoms with Crippen molar-refractivity contribution < 1.29 is 27.2 Å². The number of hydroxylamine groups is 1. The molecule has 0 aliphatic rings. The first-order valence-electron chi connectivity index (χ1n) is 6.44. The number of carbonyl (C=O) groups is 1. The number of aromatic nitrogens is 1. The molecule has 1 aromatic carbocycles. The largest absolute Gasteiger partial charge is 0.432 e. The first-order valence-corrected chi connectivity index (χ1v) is 7.57. The number of nitrogens with zero attached hydrogens (tertiary/aromatic N) is 1. The molecule has 0 atom stereocenters. The summed E-state index contributed by atoms with van der Waals surface area (Å²) in [5.41, 5.74) is -0.316.